The van der Waals surface area contributed by atoms with E-state index in [1.165, 1.54) is 18.5 Å². The largest absolute Gasteiger partial charge is 0.438 e. The lowest BCUT2D eigenvalue weighted by Gasteiger charge is -2.14. The van der Waals surface area contributed by atoms with Gasteiger partial charge in [-0.1, -0.05) is 0 Å². The number of alkyl halides is 3. The van der Waals surface area contributed by atoms with Crippen LogP contribution < -0.4 is 10.1 Å². The second-order valence-electron chi connectivity index (χ2n) is 6.65. The number of rotatable bonds is 6. The lowest BCUT2D eigenvalue weighted by atomic mass is 10.1. The number of halogens is 4. The van der Waals surface area contributed by atoms with E-state index >= 15 is 0 Å². The van der Waals surface area contributed by atoms with E-state index < -0.39 is 29.5 Å². The molecule has 0 aliphatic heterocycles. The van der Waals surface area contributed by atoms with Crippen molar-refractivity contribution in [2.45, 2.75) is 19.1 Å². The minimum Gasteiger partial charge on any atom is -0.438 e. The number of ether oxygens (including phenoxy) is 1. The van der Waals surface area contributed by atoms with E-state index in [1.807, 2.05) is 0 Å². The third-order valence-electron chi connectivity index (χ3n) is 4.18. The maximum absolute atomic E-state index is 13.7. The summed E-state index contributed by atoms with van der Waals surface area (Å²) < 4.78 is 57.6. The summed E-state index contributed by atoms with van der Waals surface area (Å²) >= 11 is 0. The van der Waals surface area contributed by atoms with Crippen LogP contribution in [-0.2, 0) is 6.18 Å². The van der Waals surface area contributed by atoms with E-state index in [4.69, 9.17) is 9.84 Å². The zero-order valence-corrected chi connectivity index (χ0v) is 16.2. The summed E-state index contributed by atoms with van der Waals surface area (Å²) in [5, 5.41) is 11.7. The fraction of sp³-hybridized carbons (Fsp3) is 0.190. The number of benzene rings is 1. The quantitative estimate of drug-likeness (QED) is 0.567. The summed E-state index contributed by atoms with van der Waals surface area (Å²) in [6.07, 6.45) is -0.963. The fourth-order valence-electron chi connectivity index (χ4n) is 2.60. The molecule has 2 heterocycles. The van der Waals surface area contributed by atoms with Crippen LogP contribution in [0.5, 0.6) is 11.6 Å². The highest BCUT2D eigenvalue weighted by atomic mass is 19.4. The Balaban J connectivity index is 1.98. The van der Waals surface area contributed by atoms with Crippen LogP contribution in [0.2, 0.25) is 0 Å². The van der Waals surface area contributed by atoms with Gasteiger partial charge >= 0.3 is 6.18 Å². The van der Waals surface area contributed by atoms with Gasteiger partial charge in [0.05, 0.1) is 23.9 Å². The van der Waals surface area contributed by atoms with Crippen molar-refractivity contribution in [3.63, 3.8) is 0 Å². The molecule has 162 valence electrons. The number of amides is 1. The molecule has 0 saturated carbocycles. The van der Waals surface area contributed by atoms with Gasteiger partial charge in [-0.05, 0) is 43.3 Å². The third kappa shape index (κ3) is 5.54. The van der Waals surface area contributed by atoms with Gasteiger partial charge in [0, 0.05) is 29.6 Å². The predicted octanol–water partition coefficient (Wildman–Crippen LogP) is 4.20. The molecule has 1 atom stereocenters. The minimum absolute atomic E-state index is 0.0566. The summed E-state index contributed by atoms with van der Waals surface area (Å²) in [5.41, 5.74) is -0.276. The Morgan fingerprint density at radius 3 is 2.48 bits per heavy atom. The van der Waals surface area contributed by atoms with E-state index in [1.54, 1.807) is 6.92 Å². The highest BCUT2D eigenvalue weighted by molar-refractivity contribution is 5.95. The molecule has 31 heavy (non-hydrogen) atoms. The molecule has 0 saturated heterocycles. The number of aliphatic hydroxyl groups is 1. The Kier molecular flexibility index (Phi) is 6.50. The number of carbonyl (C=O) groups excluding carboxylic acids is 1. The number of aromatic nitrogens is 2. The summed E-state index contributed by atoms with van der Waals surface area (Å²) in [7, 11) is 0. The number of aliphatic hydroxyl groups excluding tert-OH is 1. The van der Waals surface area contributed by atoms with Gasteiger partial charge in [0.2, 0.25) is 5.88 Å². The SMILES string of the molecule is CC(CO)NC(=O)c1cnc(Oc2ccc(C(F)(F)F)cc2)c(-c2cncc(F)c2)c1. The first-order valence-electron chi connectivity index (χ1n) is 9.05. The second-order valence-corrected chi connectivity index (χ2v) is 6.65. The van der Waals surface area contributed by atoms with Gasteiger partial charge in [0.25, 0.3) is 5.91 Å². The summed E-state index contributed by atoms with van der Waals surface area (Å²) in [5.74, 6) is -1.15. The molecule has 0 bridgehead atoms. The standard InChI is InChI=1S/C21H17F4N3O3/c1-12(11-29)28-19(30)14-7-18(13-6-16(22)10-26-8-13)20(27-9-14)31-17-4-2-15(3-5-17)21(23,24)25/h2-10,12,29H,11H2,1H3,(H,28,30). The van der Waals surface area contributed by atoms with Crippen LogP contribution in [0.1, 0.15) is 22.8 Å². The van der Waals surface area contributed by atoms with Crippen molar-refractivity contribution in [1.82, 2.24) is 15.3 Å². The van der Waals surface area contributed by atoms with Crippen LogP contribution >= 0.6 is 0 Å². The monoisotopic (exact) mass is 435 g/mol. The lowest BCUT2D eigenvalue weighted by molar-refractivity contribution is -0.137. The molecule has 1 amide bonds. The normalized spacial score (nSPS) is 12.3. The molecule has 0 aliphatic carbocycles. The van der Waals surface area contributed by atoms with Gasteiger partial charge < -0.3 is 15.2 Å². The van der Waals surface area contributed by atoms with Crippen molar-refractivity contribution in [3.05, 3.63) is 71.9 Å². The van der Waals surface area contributed by atoms with Gasteiger partial charge in [-0.3, -0.25) is 9.78 Å². The number of hydrogen-bond donors (Lipinski definition) is 2. The molecule has 2 N–H and O–H groups in total. The Bertz CT molecular complexity index is 1070. The maximum atomic E-state index is 13.7. The van der Waals surface area contributed by atoms with Gasteiger partial charge in [-0.25, -0.2) is 9.37 Å². The maximum Gasteiger partial charge on any atom is 0.416 e. The Morgan fingerprint density at radius 1 is 1.16 bits per heavy atom. The van der Waals surface area contributed by atoms with E-state index in [9.17, 15) is 22.4 Å². The Morgan fingerprint density at radius 2 is 1.87 bits per heavy atom. The van der Waals surface area contributed by atoms with Gasteiger partial charge in [0.15, 0.2) is 0 Å². The van der Waals surface area contributed by atoms with Gasteiger partial charge in [-0.15, -0.1) is 0 Å². The topological polar surface area (TPSA) is 84.3 Å². The molecule has 6 nitrogen and oxygen atoms in total. The average molecular weight is 435 g/mol. The molecule has 0 fully saturated rings. The number of pyridine rings is 2. The molecule has 3 aromatic rings. The molecule has 1 unspecified atom stereocenters. The first kappa shape index (κ1) is 22.2. The van der Waals surface area contributed by atoms with Crippen molar-refractivity contribution in [2.24, 2.45) is 0 Å². The summed E-state index contributed by atoms with van der Waals surface area (Å²) in [6.45, 7) is 1.33. The average Bonchev–Trinajstić information content (AvgIpc) is 2.73. The summed E-state index contributed by atoms with van der Waals surface area (Å²) in [6, 6.07) is 6.01. The van der Waals surface area contributed by atoms with Crippen LogP contribution in [-0.4, -0.2) is 33.6 Å². The Labute approximate surface area is 174 Å². The number of nitrogens with zero attached hydrogens (tertiary/aromatic N) is 2. The molecule has 0 radical (unpaired) electrons. The number of carbonyl (C=O) groups is 1. The zero-order chi connectivity index (χ0) is 22.6. The Hall–Kier alpha value is -3.53. The summed E-state index contributed by atoms with van der Waals surface area (Å²) in [4.78, 5) is 20.2. The van der Waals surface area contributed by atoms with E-state index in [-0.39, 0.29) is 34.9 Å². The van der Waals surface area contributed by atoms with Crippen molar-refractivity contribution < 1.29 is 32.2 Å². The van der Waals surface area contributed by atoms with Crippen molar-refractivity contribution in [3.8, 4) is 22.8 Å². The third-order valence-corrected chi connectivity index (χ3v) is 4.18. The lowest BCUT2D eigenvalue weighted by Crippen LogP contribution is -2.35. The molecule has 1 aromatic carbocycles. The van der Waals surface area contributed by atoms with E-state index in [0.717, 1.165) is 36.5 Å². The van der Waals surface area contributed by atoms with Crippen molar-refractivity contribution >= 4 is 5.91 Å². The highest BCUT2D eigenvalue weighted by Crippen LogP contribution is 2.34. The van der Waals surface area contributed by atoms with Crippen LogP contribution in [0.4, 0.5) is 17.6 Å². The zero-order valence-electron chi connectivity index (χ0n) is 16.2. The molecule has 0 spiro atoms. The first-order chi connectivity index (χ1) is 14.7. The van der Waals surface area contributed by atoms with E-state index in [0.29, 0.717) is 0 Å². The van der Waals surface area contributed by atoms with Crippen molar-refractivity contribution in [2.75, 3.05) is 6.61 Å². The molecule has 10 heteroatoms. The van der Waals surface area contributed by atoms with Gasteiger partial charge in [0.1, 0.15) is 11.6 Å². The molecule has 2 aromatic heterocycles. The van der Waals surface area contributed by atoms with Crippen LogP contribution in [0.3, 0.4) is 0 Å². The minimum atomic E-state index is -4.49. The number of nitrogens with one attached hydrogen (secondary N) is 1. The fourth-order valence-corrected chi connectivity index (χ4v) is 2.60. The predicted molar refractivity (Wildman–Crippen MR) is 103 cm³/mol. The number of hydrogen-bond acceptors (Lipinski definition) is 5. The van der Waals surface area contributed by atoms with Gasteiger partial charge in [-0.2, -0.15) is 13.2 Å². The smallest absolute Gasteiger partial charge is 0.416 e. The second kappa shape index (κ2) is 9.09. The molecular weight excluding hydrogens is 418 g/mol. The van der Waals surface area contributed by atoms with Crippen LogP contribution in [0.25, 0.3) is 11.1 Å². The highest BCUT2D eigenvalue weighted by Gasteiger charge is 2.30. The first-order valence-corrected chi connectivity index (χ1v) is 9.05. The molecule has 3 rings (SSSR count). The van der Waals surface area contributed by atoms with Crippen LogP contribution in [0, 0.1) is 5.82 Å². The molecular formula is C21H17F4N3O3. The molecule has 0 aliphatic rings. The van der Waals surface area contributed by atoms with Crippen molar-refractivity contribution in [1.29, 1.82) is 0 Å². The van der Waals surface area contributed by atoms with Crippen LogP contribution in [0.15, 0.2) is 55.0 Å². The van der Waals surface area contributed by atoms with E-state index in [2.05, 4.69) is 15.3 Å².